The van der Waals surface area contributed by atoms with Crippen molar-refractivity contribution in [3.63, 3.8) is 0 Å². The Morgan fingerprint density at radius 1 is 1.38 bits per heavy atom. The Morgan fingerprint density at radius 2 is 2.12 bits per heavy atom. The number of rotatable bonds is 2. The summed E-state index contributed by atoms with van der Waals surface area (Å²) >= 11 is 6.00. The van der Waals surface area contributed by atoms with E-state index in [0.717, 1.165) is 11.6 Å². The second-order valence-electron chi connectivity index (χ2n) is 4.61. The van der Waals surface area contributed by atoms with Crippen LogP contribution in [0.3, 0.4) is 0 Å². The number of nitrogens with zero attached hydrogens (tertiary/aromatic N) is 4. The lowest BCUT2D eigenvalue weighted by atomic mass is 9.96. The fourth-order valence-corrected chi connectivity index (χ4v) is 1.64. The molecule has 0 spiro atoms. The van der Waals surface area contributed by atoms with Crippen molar-refractivity contribution >= 4 is 11.6 Å². The molecule has 0 atom stereocenters. The molecule has 0 saturated heterocycles. The third kappa shape index (κ3) is 2.09. The molecule has 0 radical (unpaired) electrons. The number of aromatic nitrogens is 4. The third-order valence-corrected chi connectivity index (χ3v) is 2.46. The Bertz CT molecular complexity index is 469. The quantitative estimate of drug-likeness (QED) is 0.808. The summed E-state index contributed by atoms with van der Waals surface area (Å²) in [6.45, 7) is 6.68. The highest BCUT2D eigenvalue weighted by Gasteiger charge is 2.23. The van der Waals surface area contributed by atoms with Crippen LogP contribution in [0, 0.1) is 0 Å². The highest BCUT2D eigenvalue weighted by molar-refractivity contribution is 6.28. The van der Waals surface area contributed by atoms with E-state index in [9.17, 15) is 0 Å². The van der Waals surface area contributed by atoms with E-state index in [4.69, 9.17) is 16.1 Å². The standard InChI is InChI=1S/C10H13ClN4O/c1-10(2,3)8-13-14-9(11)15(8)6-7-4-5-12-16-7/h4-5H,6H2,1-3H3. The van der Waals surface area contributed by atoms with E-state index in [2.05, 4.69) is 36.1 Å². The molecule has 0 N–H and O–H groups in total. The minimum absolute atomic E-state index is 0.111. The van der Waals surface area contributed by atoms with Crippen LogP contribution in [0.4, 0.5) is 0 Å². The Balaban J connectivity index is 2.36. The molecule has 0 bridgehead atoms. The van der Waals surface area contributed by atoms with Crippen molar-refractivity contribution in [1.82, 2.24) is 19.9 Å². The zero-order valence-corrected chi connectivity index (χ0v) is 10.2. The molecule has 6 heteroatoms. The van der Waals surface area contributed by atoms with Crippen LogP contribution < -0.4 is 0 Å². The third-order valence-electron chi connectivity index (χ3n) is 2.18. The van der Waals surface area contributed by atoms with Crippen molar-refractivity contribution < 1.29 is 4.52 Å². The molecule has 0 aromatic carbocycles. The van der Waals surface area contributed by atoms with Gasteiger partial charge in [0.05, 0.1) is 12.7 Å². The fourth-order valence-electron chi connectivity index (χ4n) is 1.46. The Labute approximate surface area is 98.4 Å². The largest absolute Gasteiger partial charge is 0.359 e. The van der Waals surface area contributed by atoms with Crippen LogP contribution >= 0.6 is 11.6 Å². The maximum absolute atomic E-state index is 6.00. The summed E-state index contributed by atoms with van der Waals surface area (Å²) in [5.41, 5.74) is -0.111. The second kappa shape index (κ2) is 3.90. The van der Waals surface area contributed by atoms with Crippen LogP contribution in [0.5, 0.6) is 0 Å². The van der Waals surface area contributed by atoms with Crippen LogP contribution in [-0.2, 0) is 12.0 Å². The van der Waals surface area contributed by atoms with Gasteiger partial charge in [0.25, 0.3) is 0 Å². The van der Waals surface area contributed by atoms with E-state index in [1.54, 1.807) is 12.3 Å². The van der Waals surface area contributed by atoms with Crippen molar-refractivity contribution in [3.8, 4) is 0 Å². The van der Waals surface area contributed by atoms with Crippen molar-refractivity contribution in [2.24, 2.45) is 0 Å². The van der Waals surface area contributed by atoms with Gasteiger partial charge in [0.2, 0.25) is 5.28 Å². The van der Waals surface area contributed by atoms with E-state index in [0.29, 0.717) is 11.8 Å². The highest BCUT2D eigenvalue weighted by atomic mass is 35.5. The van der Waals surface area contributed by atoms with Crippen molar-refractivity contribution in [2.45, 2.75) is 32.7 Å². The number of hydrogen-bond donors (Lipinski definition) is 0. The summed E-state index contributed by atoms with van der Waals surface area (Å²) in [7, 11) is 0. The van der Waals surface area contributed by atoms with E-state index in [-0.39, 0.29) is 5.41 Å². The molecule has 86 valence electrons. The molecule has 2 heterocycles. The molecule has 0 aliphatic heterocycles. The lowest BCUT2D eigenvalue weighted by Gasteiger charge is -2.18. The van der Waals surface area contributed by atoms with Crippen LogP contribution in [0.2, 0.25) is 5.28 Å². The van der Waals surface area contributed by atoms with Gasteiger partial charge in [-0.3, -0.25) is 4.57 Å². The molecular weight excluding hydrogens is 228 g/mol. The van der Waals surface area contributed by atoms with Crippen LogP contribution in [-0.4, -0.2) is 19.9 Å². The summed E-state index contributed by atoms with van der Waals surface area (Å²) in [4.78, 5) is 0. The normalized spacial score (nSPS) is 12.0. The van der Waals surface area contributed by atoms with E-state index in [1.165, 1.54) is 0 Å². The predicted molar refractivity (Wildman–Crippen MR) is 59.3 cm³/mol. The van der Waals surface area contributed by atoms with Crippen molar-refractivity contribution in [2.75, 3.05) is 0 Å². The van der Waals surface area contributed by atoms with Gasteiger partial charge in [0.15, 0.2) is 5.76 Å². The van der Waals surface area contributed by atoms with Crippen molar-refractivity contribution in [3.05, 3.63) is 29.1 Å². The molecule has 2 rings (SSSR count). The summed E-state index contributed by atoms with van der Waals surface area (Å²) in [5, 5.41) is 12.0. The van der Waals surface area contributed by atoms with Gasteiger partial charge in [0.1, 0.15) is 5.82 Å². The molecule has 2 aromatic heterocycles. The topological polar surface area (TPSA) is 56.7 Å². The first kappa shape index (κ1) is 11.1. The Hall–Kier alpha value is -1.36. The molecule has 0 amide bonds. The molecular formula is C10H13ClN4O. The first-order valence-corrected chi connectivity index (χ1v) is 5.35. The van der Waals surface area contributed by atoms with Gasteiger partial charge in [-0.15, -0.1) is 10.2 Å². The van der Waals surface area contributed by atoms with Crippen LogP contribution in [0.25, 0.3) is 0 Å². The van der Waals surface area contributed by atoms with Crippen LogP contribution in [0.1, 0.15) is 32.4 Å². The molecule has 0 aliphatic rings. The molecule has 0 fully saturated rings. The Kier molecular flexibility index (Phi) is 2.71. The average Bonchev–Trinajstić information content (AvgIpc) is 2.76. The molecule has 0 aliphatic carbocycles. The van der Waals surface area contributed by atoms with Gasteiger partial charge >= 0.3 is 0 Å². The second-order valence-corrected chi connectivity index (χ2v) is 4.95. The average molecular weight is 241 g/mol. The molecule has 5 nitrogen and oxygen atoms in total. The lowest BCUT2D eigenvalue weighted by Crippen LogP contribution is -2.19. The van der Waals surface area contributed by atoms with Gasteiger partial charge in [-0.1, -0.05) is 25.9 Å². The summed E-state index contributed by atoms with van der Waals surface area (Å²) < 4.78 is 6.87. The number of hydrogen-bond acceptors (Lipinski definition) is 4. The Morgan fingerprint density at radius 3 is 2.69 bits per heavy atom. The summed E-state index contributed by atoms with van der Waals surface area (Å²) in [6.07, 6.45) is 1.60. The van der Waals surface area contributed by atoms with Gasteiger partial charge < -0.3 is 4.52 Å². The van der Waals surface area contributed by atoms with Gasteiger partial charge in [-0.05, 0) is 11.6 Å². The zero-order valence-electron chi connectivity index (χ0n) is 9.44. The van der Waals surface area contributed by atoms with Crippen molar-refractivity contribution in [1.29, 1.82) is 0 Å². The van der Waals surface area contributed by atoms with Gasteiger partial charge in [0, 0.05) is 11.5 Å². The zero-order chi connectivity index (χ0) is 11.8. The molecule has 2 aromatic rings. The summed E-state index contributed by atoms with van der Waals surface area (Å²) in [5.74, 6) is 1.56. The number of halogens is 1. The smallest absolute Gasteiger partial charge is 0.225 e. The molecule has 16 heavy (non-hydrogen) atoms. The SMILES string of the molecule is CC(C)(C)c1nnc(Cl)n1Cc1ccno1. The fraction of sp³-hybridized carbons (Fsp3) is 0.500. The van der Waals surface area contributed by atoms with E-state index >= 15 is 0 Å². The van der Waals surface area contributed by atoms with Crippen LogP contribution in [0.15, 0.2) is 16.8 Å². The van der Waals surface area contributed by atoms with Gasteiger partial charge in [-0.25, -0.2) is 0 Å². The minimum Gasteiger partial charge on any atom is -0.359 e. The molecule has 0 saturated carbocycles. The summed E-state index contributed by atoms with van der Waals surface area (Å²) in [6, 6.07) is 1.79. The monoisotopic (exact) mass is 240 g/mol. The lowest BCUT2D eigenvalue weighted by molar-refractivity contribution is 0.371. The maximum atomic E-state index is 6.00. The van der Waals surface area contributed by atoms with Gasteiger partial charge in [-0.2, -0.15) is 0 Å². The molecule has 0 unspecified atom stereocenters. The first-order valence-electron chi connectivity index (χ1n) is 4.97. The maximum Gasteiger partial charge on any atom is 0.225 e. The minimum atomic E-state index is -0.111. The van der Waals surface area contributed by atoms with E-state index in [1.807, 2.05) is 4.57 Å². The highest BCUT2D eigenvalue weighted by Crippen LogP contribution is 2.23. The van der Waals surface area contributed by atoms with E-state index < -0.39 is 0 Å². The predicted octanol–water partition coefficient (Wildman–Crippen LogP) is 2.27. The first-order chi connectivity index (χ1) is 7.48.